The standard InChI is InChI=1S/C13H21N3S.HI/c1-10-6-5-7-11(8-10)16-12(14)15-9-13(2,3)17-4;/h5-8H,9H2,1-4H3,(H3,14,15,16);1H. The van der Waals surface area contributed by atoms with Crippen molar-refractivity contribution in [1.29, 1.82) is 0 Å². The molecule has 3 nitrogen and oxygen atoms in total. The van der Waals surface area contributed by atoms with Gasteiger partial charge in [-0.25, -0.2) is 0 Å². The molecule has 0 heterocycles. The second-order valence-electron chi connectivity index (χ2n) is 4.66. The molecule has 0 spiro atoms. The van der Waals surface area contributed by atoms with E-state index in [0.717, 1.165) is 5.69 Å². The monoisotopic (exact) mass is 379 g/mol. The summed E-state index contributed by atoms with van der Waals surface area (Å²) in [6.45, 7) is 7.07. The molecule has 0 saturated carbocycles. The molecule has 102 valence electrons. The smallest absolute Gasteiger partial charge is 0.193 e. The molecule has 0 aliphatic carbocycles. The predicted molar refractivity (Wildman–Crippen MR) is 94.3 cm³/mol. The third kappa shape index (κ3) is 6.49. The summed E-state index contributed by atoms with van der Waals surface area (Å²) >= 11 is 1.79. The summed E-state index contributed by atoms with van der Waals surface area (Å²) < 4.78 is 0.124. The van der Waals surface area contributed by atoms with Crippen LogP contribution in [0.4, 0.5) is 5.69 Å². The van der Waals surface area contributed by atoms with Gasteiger partial charge in [0.25, 0.3) is 0 Å². The van der Waals surface area contributed by atoms with Crippen molar-refractivity contribution in [2.45, 2.75) is 25.5 Å². The summed E-state index contributed by atoms with van der Waals surface area (Å²) in [7, 11) is 0. The van der Waals surface area contributed by atoms with Crippen molar-refractivity contribution in [1.82, 2.24) is 0 Å². The van der Waals surface area contributed by atoms with Gasteiger partial charge in [0.1, 0.15) is 0 Å². The molecule has 0 bridgehead atoms. The molecule has 0 unspecified atom stereocenters. The van der Waals surface area contributed by atoms with E-state index >= 15 is 0 Å². The summed E-state index contributed by atoms with van der Waals surface area (Å²) in [6.07, 6.45) is 2.08. The number of guanidine groups is 1. The van der Waals surface area contributed by atoms with Crippen LogP contribution >= 0.6 is 35.7 Å². The van der Waals surface area contributed by atoms with Gasteiger partial charge in [0.05, 0.1) is 6.54 Å². The Morgan fingerprint density at radius 2 is 2.11 bits per heavy atom. The molecule has 0 atom stereocenters. The van der Waals surface area contributed by atoms with Crippen molar-refractivity contribution in [3.63, 3.8) is 0 Å². The molecule has 0 fully saturated rings. The van der Waals surface area contributed by atoms with Crippen molar-refractivity contribution in [3.8, 4) is 0 Å². The first-order valence-electron chi connectivity index (χ1n) is 5.62. The molecule has 1 aromatic rings. The van der Waals surface area contributed by atoms with Crippen molar-refractivity contribution >= 4 is 47.4 Å². The van der Waals surface area contributed by atoms with E-state index in [1.165, 1.54) is 5.56 Å². The number of aliphatic imine (C=N–C) groups is 1. The van der Waals surface area contributed by atoms with Crippen molar-refractivity contribution < 1.29 is 0 Å². The maximum atomic E-state index is 5.85. The highest BCUT2D eigenvalue weighted by Crippen LogP contribution is 2.21. The number of rotatable bonds is 4. The Balaban J connectivity index is 0.00000289. The number of aryl methyl sites for hydroxylation is 1. The van der Waals surface area contributed by atoms with Crippen molar-refractivity contribution in [2.75, 3.05) is 18.1 Å². The average molecular weight is 379 g/mol. The summed E-state index contributed by atoms with van der Waals surface area (Å²) in [6, 6.07) is 8.07. The van der Waals surface area contributed by atoms with Gasteiger partial charge in [0, 0.05) is 10.4 Å². The van der Waals surface area contributed by atoms with Gasteiger partial charge in [-0.05, 0) is 44.7 Å². The molecule has 5 heteroatoms. The fourth-order valence-corrected chi connectivity index (χ4v) is 1.44. The molecular formula is C13H22IN3S. The molecule has 3 N–H and O–H groups in total. The lowest BCUT2D eigenvalue weighted by atomic mass is 10.2. The van der Waals surface area contributed by atoms with E-state index < -0.39 is 0 Å². The molecule has 1 rings (SSSR count). The quantitative estimate of drug-likeness (QED) is 0.479. The first-order valence-corrected chi connectivity index (χ1v) is 6.84. The van der Waals surface area contributed by atoms with Crippen LogP contribution in [0.5, 0.6) is 0 Å². The van der Waals surface area contributed by atoms with Crippen LogP contribution in [0.2, 0.25) is 0 Å². The number of halogens is 1. The highest BCUT2D eigenvalue weighted by molar-refractivity contribution is 14.0. The maximum absolute atomic E-state index is 5.85. The second-order valence-corrected chi connectivity index (χ2v) is 6.17. The number of thioether (sulfide) groups is 1. The summed E-state index contributed by atoms with van der Waals surface area (Å²) in [5.74, 6) is 0.470. The summed E-state index contributed by atoms with van der Waals surface area (Å²) in [4.78, 5) is 4.35. The van der Waals surface area contributed by atoms with E-state index in [9.17, 15) is 0 Å². The van der Waals surface area contributed by atoms with E-state index in [2.05, 4.69) is 43.4 Å². The van der Waals surface area contributed by atoms with Gasteiger partial charge in [-0.2, -0.15) is 11.8 Å². The molecule has 0 saturated heterocycles. The molecule has 0 aromatic heterocycles. The molecular weight excluding hydrogens is 357 g/mol. The Morgan fingerprint density at radius 3 is 2.67 bits per heavy atom. The number of nitrogens with one attached hydrogen (secondary N) is 1. The van der Waals surface area contributed by atoms with Gasteiger partial charge in [-0.3, -0.25) is 4.99 Å². The Morgan fingerprint density at radius 1 is 1.44 bits per heavy atom. The molecule has 0 aliphatic heterocycles. The van der Waals surface area contributed by atoms with Gasteiger partial charge in [-0.1, -0.05) is 12.1 Å². The lowest BCUT2D eigenvalue weighted by molar-refractivity contribution is 0.726. The topological polar surface area (TPSA) is 50.4 Å². The highest BCUT2D eigenvalue weighted by atomic mass is 127. The molecule has 18 heavy (non-hydrogen) atoms. The zero-order valence-corrected chi connectivity index (χ0v) is 14.5. The van der Waals surface area contributed by atoms with Crippen molar-refractivity contribution in [3.05, 3.63) is 29.8 Å². The van der Waals surface area contributed by atoms with Crippen LogP contribution < -0.4 is 11.1 Å². The minimum atomic E-state index is 0. The lowest BCUT2D eigenvalue weighted by Crippen LogP contribution is -2.27. The number of hydrogen-bond donors (Lipinski definition) is 2. The third-order valence-corrected chi connectivity index (χ3v) is 3.71. The fraction of sp³-hybridized carbons (Fsp3) is 0.462. The Kier molecular flexibility index (Phi) is 7.70. The fourth-order valence-electron chi connectivity index (χ4n) is 1.25. The van der Waals surface area contributed by atoms with Crippen LogP contribution in [0.15, 0.2) is 29.3 Å². The summed E-state index contributed by atoms with van der Waals surface area (Å²) in [5, 5.41) is 3.10. The van der Waals surface area contributed by atoms with Crippen LogP contribution in [0, 0.1) is 6.92 Å². The average Bonchev–Trinajstić information content (AvgIpc) is 2.27. The number of hydrogen-bond acceptors (Lipinski definition) is 2. The number of nitrogens with zero attached hydrogens (tertiary/aromatic N) is 1. The van der Waals surface area contributed by atoms with Gasteiger partial charge in [-0.15, -0.1) is 24.0 Å². The minimum Gasteiger partial charge on any atom is -0.370 e. The lowest BCUT2D eigenvalue weighted by Gasteiger charge is -2.19. The maximum Gasteiger partial charge on any atom is 0.193 e. The van der Waals surface area contributed by atoms with E-state index in [4.69, 9.17) is 5.73 Å². The van der Waals surface area contributed by atoms with Crippen LogP contribution in [0.3, 0.4) is 0 Å². The van der Waals surface area contributed by atoms with E-state index in [1.54, 1.807) is 11.8 Å². The normalized spacial score (nSPS) is 11.9. The third-order valence-electron chi connectivity index (χ3n) is 2.47. The molecule has 0 amide bonds. The minimum absolute atomic E-state index is 0. The first kappa shape index (κ1) is 17.6. The summed E-state index contributed by atoms with van der Waals surface area (Å²) in [5.41, 5.74) is 8.03. The van der Waals surface area contributed by atoms with E-state index in [0.29, 0.717) is 12.5 Å². The largest absolute Gasteiger partial charge is 0.370 e. The predicted octanol–water partition coefficient (Wildman–Crippen LogP) is 3.48. The van der Waals surface area contributed by atoms with Gasteiger partial charge in [0.2, 0.25) is 0 Å². The SMILES string of the molecule is CSC(C)(C)CN=C(N)Nc1cccc(C)c1.I. The Hall–Kier alpha value is -0.430. The van der Waals surface area contributed by atoms with Gasteiger partial charge < -0.3 is 11.1 Å². The molecule has 1 aromatic carbocycles. The number of nitrogens with two attached hydrogens (primary N) is 1. The number of benzene rings is 1. The zero-order valence-electron chi connectivity index (χ0n) is 11.4. The van der Waals surface area contributed by atoms with E-state index in [1.807, 2.05) is 18.2 Å². The van der Waals surface area contributed by atoms with Crippen molar-refractivity contribution in [2.24, 2.45) is 10.7 Å². The first-order chi connectivity index (χ1) is 7.93. The van der Waals surface area contributed by atoms with Gasteiger partial charge >= 0.3 is 0 Å². The van der Waals surface area contributed by atoms with E-state index in [-0.39, 0.29) is 28.7 Å². The van der Waals surface area contributed by atoms with Crippen LogP contribution in [0.1, 0.15) is 19.4 Å². The zero-order chi connectivity index (χ0) is 12.9. The number of anilines is 1. The second kappa shape index (κ2) is 7.89. The van der Waals surface area contributed by atoms with Gasteiger partial charge in [0.15, 0.2) is 5.96 Å². The Labute approximate surface area is 131 Å². The molecule has 0 aliphatic rings. The highest BCUT2D eigenvalue weighted by Gasteiger charge is 2.14. The van der Waals surface area contributed by atoms with Crippen LogP contribution in [-0.4, -0.2) is 23.5 Å². The Bertz CT molecular complexity index is 405. The molecule has 0 radical (unpaired) electrons. The van der Waals surface area contributed by atoms with Crippen LogP contribution in [0.25, 0.3) is 0 Å². The van der Waals surface area contributed by atoms with Crippen LogP contribution in [-0.2, 0) is 0 Å².